The Hall–Kier alpha value is -0.0113. The van der Waals surface area contributed by atoms with Gasteiger partial charge in [0.1, 0.15) is 0 Å². The molecule has 0 amide bonds. The van der Waals surface area contributed by atoms with E-state index in [0.29, 0.717) is 22.5 Å². The van der Waals surface area contributed by atoms with Crippen LogP contribution in [0.2, 0.25) is 0 Å². The second-order valence-electron chi connectivity index (χ2n) is 1.54. The van der Waals surface area contributed by atoms with E-state index < -0.39 is 0 Å². The zero-order chi connectivity index (χ0) is 5.98. The fourth-order valence-electron chi connectivity index (χ4n) is 0.487. The van der Waals surface area contributed by atoms with Gasteiger partial charge in [-0.25, -0.2) is 0 Å². The van der Waals surface area contributed by atoms with Crippen molar-refractivity contribution in [1.82, 2.24) is 0 Å². The first-order valence-corrected chi connectivity index (χ1v) is 6.02. The van der Waals surface area contributed by atoms with Crippen molar-refractivity contribution in [3.63, 3.8) is 0 Å². The molecular formula is C5H5NSSn. The summed E-state index contributed by atoms with van der Waals surface area (Å²) in [6.07, 6.45) is 0. The Balaban J connectivity index is 3.15. The average Bonchev–Trinajstić information content (AvgIpc) is 2.14. The molecule has 40 valence electrons. The summed E-state index contributed by atoms with van der Waals surface area (Å²) in [6.45, 7) is 0. The van der Waals surface area contributed by atoms with E-state index in [1.165, 1.54) is 3.58 Å². The normalized spacial score (nSPS) is 8.88. The number of thiophene rings is 1. The van der Waals surface area contributed by atoms with Gasteiger partial charge < -0.3 is 0 Å². The number of hydrogen-bond donors (Lipinski definition) is 0. The van der Waals surface area contributed by atoms with E-state index in [9.17, 15) is 0 Å². The molecule has 0 saturated carbocycles. The quantitative estimate of drug-likeness (QED) is 0.557. The first-order chi connectivity index (χ1) is 3.84. The summed E-state index contributed by atoms with van der Waals surface area (Å²) in [5.74, 6) is 0. The van der Waals surface area contributed by atoms with Crippen molar-refractivity contribution in [3.05, 3.63) is 16.3 Å². The average molecular weight is 230 g/mol. The molecule has 1 heterocycles. The number of nitrogens with zero attached hydrogens (tertiary/aromatic N) is 1. The van der Waals surface area contributed by atoms with Gasteiger partial charge in [0.15, 0.2) is 0 Å². The third kappa shape index (κ3) is 1.04. The van der Waals surface area contributed by atoms with Crippen molar-refractivity contribution in [3.8, 4) is 6.07 Å². The summed E-state index contributed by atoms with van der Waals surface area (Å²) in [5.41, 5.74) is 0. The van der Waals surface area contributed by atoms with Gasteiger partial charge in [-0.05, 0) is 0 Å². The Bertz CT molecular complexity index is 223. The van der Waals surface area contributed by atoms with Gasteiger partial charge in [-0.3, -0.25) is 0 Å². The van der Waals surface area contributed by atoms with E-state index in [1.54, 1.807) is 11.3 Å². The molecule has 1 aromatic heterocycles. The first kappa shape index (κ1) is 6.11. The standard InChI is InChI=1S/C5H2NS.Sn.3H/c6-4-5-2-1-3-7-5;;;;/h1,3H;;;;. The fourth-order valence-corrected chi connectivity index (χ4v) is 3.70. The summed E-state index contributed by atoms with van der Waals surface area (Å²) in [6, 6.07) is 4.19. The molecule has 1 aromatic rings. The van der Waals surface area contributed by atoms with Crippen LogP contribution in [0.1, 0.15) is 4.88 Å². The zero-order valence-corrected chi connectivity index (χ0v) is 11.0. The van der Waals surface area contributed by atoms with Gasteiger partial charge in [0, 0.05) is 0 Å². The van der Waals surface area contributed by atoms with Crippen LogP contribution in [-0.2, 0) is 0 Å². The Morgan fingerprint density at radius 3 is 2.75 bits per heavy atom. The van der Waals surface area contributed by atoms with Crippen LogP contribution in [0.4, 0.5) is 0 Å². The van der Waals surface area contributed by atoms with E-state index in [0.717, 1.165) is 4.88 Å². The number of nitriles is 1. The van der Waals surface area contributed by atoms with Crippen molar-refractivity contribution in [2.45, 2.75) is 0 Å². The summed E-state index contributed by atoms with van der Waals surface area (Å²) in [4.78, 5) is 0.917. The van der Waals surface area contributed by atoms with Gasteiger partial charge in [-0.1, -0.05) is 0 Å². The van der Waals surface area contributed by atoms with Crippen LogP contribution in [0.3, 0.4) is 0 Å². The Kier molecular flexibility index (Phi) is 1.92. The number of hydrogen-bond acceptors (Lipinski definition) is 2. The van der Waals surface area contributed by atoms with Crippen LogP contribution in [0, 0.1) is 11.3 Å². The minimum atomic E-state index is 0.512. The molecule has 0 fully saturated rings. The molecule has 0 radical (unpaired) electrons. The second kappa shape index (κ2) is 2.51. The molecule has 0 N–H and O–H groups in total. The maximum atomic E-state index is 8.40. The van der Waals surface area contributed by atoms with Crippen LogP contribution in [0.15, 0.2) is 11.4 Å². The Morgan fingerprint density at radius 2 is 2.50 bits per heavy atom. The van der Waals surface area contributed by atoms with Gasteiger partial charge in [-0.2, -0.15) is 0 Å². The molecule has 0 atom stereocenters. The third-order valence-corrected chi connectivity index (χ3v) is 5.30. The summed E-state index contributed by atoms with van der Waals surface area (Å²) < 4.78 is 1.29. The minimum absolute atomic E-state index is 0.512. The van der Waals surface area contributed by atoms with Crippen molar-refractivity contribution < 1.29 is 0 Å². The van der Waals surface area contributed by atoms with E-state index in [4.69, 9.17) is 5.26 Å². The van der Waals surface area contributed by atoms with Crippen LogP contribution < -0.4 is 3.58 Å². The first-order valence-electron chi connectivity index (χ1n) is 2.29. The second-order valence-corrected chi connectivity index (χ2v) is 5.54. The third-order valence-electron chi connectivity index (χ3n) is 0.964. The molecule has 1 rings (SSSR count). The van der Waals surface area contributed by atoms with Gasteiger partial charge in [0.2, 0.25) is 0 Å². The molecule has 0 saturated heterocycles. The summed E-state index contributed by atoms with van der Waals surface area (Å²) in [7, 11) is 0. The summed E-state index contributed by atoms with van der Waals surface area (Å²) in [5, 5.41) is 10.4. The van der Waals surface area contributed by atoms with E-state index in [-0.39, 0.29) is 0 Å². The molecule has 0 aromatic carbocycles. The van der Waals surface area contributed by atoms with Gasteiger partial charge in [-0.15, -0.1) is 0 Å². The monoisotopic (exact) mass is 231 g/mol. The molecule has 1 nitrogen and oxygen atoms in total. The summed E-state index contributed by atoms with van der Waals surface area (Å²) >= 11 is 2.05. The SMILES string of the molecule is N#Cc1scc[c]1[SnH3]. The molecule has 0 spiro atoms. The fraction of sp³-hybridized carbons (Fsp3) is 0. The van der Waals surface area contributed by atoms with E-state index >= 15 is 0 Å². The van der Waals surface area contributed by atoms with Gasteiger partial charge in [0.05, 0.1) is 0 Å². The Labute approximate surface area is 65.0 Å². The van der Waals surface area contributed by atoms with Crippen LogP contribution in [0.25, 0.3) is 0 Å². The van der Waals surface area contributed by atoms with E-state index in [1.807, 2.05) is 11.4 Å². The predicted octanol–water partition coefficient (Wildman–Crippen LogP) is -0.390. The van der Waals surface area contributed by atoms with Gasteiger partial charge in [0.25, 0.3) is 0 Å². The molecule has 8 heavy (non-hydrogen) atoms. The Morgan fingerprint density at radius 1 is 1.75 bits per heavy atom. The molecule has 0 unspecified atom stereocenters. The van der Waals surface area contributed by atoms with Crippen molar-refractivity contribution in [2.75, 3.05) is 0 Å². The van der Waals surface area contributed by atoms with Crippen molar-refractivity contribution >= 4 is 37.4 Å². The van der Waals surface area contributed by atoms with E-state index in [2.05, 4.69) is 6.07 Å². The number of rotatable bonds is 0. The molecule has 0 aliphatic heterocycles. The van der Waals surface area contributed by atoms with Crippen LogP contribution in [-0.4, -0.2) is 22.5 Å². The maximum absolute atomic E-state index is 8.40. The molecule has 0 bridgehead atoms. The predicted molar refractivity (Wildman–Crippen MR) is 38.6 cm³/mol. The molecule has 3 heteroatoms. The molecule has 0 aliphatic rings. The molecule has 0 aliphatic carbocycles. The van der Waals surface area contributed by atoms with Crippen molar-refractivity contribution in [2.24, 2.45) is 0 Å². The van der Waals surface area contributed by atoms with Crippen molar-refractivity contribution in [1.29, 1.82) is 5.26 Å². The van der Waals surface area contributed by atoms with Gasteiger partial charge >= 0.3 is 65.1 Å². The molecular weight excluding hydrogens is 225 g/mol. The van der Waals surface area contributed by atoms with Crippen LogP contribution in [0.5, 0.6) is 0 Å². The topological polar surface area (TPSA) is 23.8 Å². The van der Waals surface area contributed by atoms with Crippen LogP contribution >= 0.6 is 11.3 Å². The zero-order valence-electron chi connectivity index (χ0n) is 4.51.